The Morgan fingerprint density at radius 2 is 2.18 bits per heavy atom. The normalized spacial score (nSPS) is 10.4. The van der Waals surface area contributed by atoms with E-state index < -0.39 is 0 Å². The molecule has 0 saturated carbocycles. The zero-order valence-corrected chi connectivity index (χ0v) is 10.9. The third-order valence-electron chi connectivity index (χ3n) is 2.76. The first kappa shape index (κ1) is 11.9. The number of aromatic nitrogens is 1. The van der Waals surface area contributed by atoms with E-state index in [1.807, 2.05) is 24.3 Å². The second kappa shape index (κ2) is 5.20. The molecule has 1 aromatic carbocycles. The van der Waals surface area contributed by atoms with Crippen LogP contribution in [0.1, 0.15) is 23.2 Å². The van der Waals surface area contributed by atoms with Crippen LogP contribution in [0.3, 0.4) is 0 Å². The minimum atomic E-state index is 0.710. The number of benzene rings is 1. The standard InChI is InChI=1S/C14H12BrNO/c1-2-3-6-9-16-13-8-5-4-7-11(13)12(10-17)14(16)15/h1,4-5,7-8,10H,3,6,9H2. The fourth-order valence-electron chi connectivity index (χ4n) is 1.97. The summed E-state index contributed by atoms with van der Waals surface area (Å²) in [5, 5.41) is 0.982. The first-order valence-corrected chi connectivity index (χ1v) is 6.24. The van der Waals surface area contributed by atoms with Gasteiger partial charge in [0.05, 0.1) is 10.2 Å². The van der Waals surface area contributed by atoms with Gasteiger partial charge in [-0.3, -0.25) is 4.79 Å². The molecular weight excluding hydrogens is 278 g/mol. The molecule has 3 heteroatoms. The number of hydrogen-bond acceptors (Lipinski definition) is 1. The van der Waals surface area contributed by atoms with Crippen molar-refractivity contribution in [1.29, 1.82) is 0 Å². The first-order valence-electron chi connectivity index (χ1n) is 5.45. The monoisotopic (exact) mass is 289 g/mol. The molecule has 0 unspecified atom stereocenters. The molecule has 0 atom stereocenters. The van der Waals surface area contributed by atoms with Gasteiger partial charge >= 0.3 is 0 Å². The predicted molar refractivity (Wildman–Crippen MR) is 73.1 cm³/mol. The number of terminal acetylenes is 1. The molecule has 0 N–H and O–H groups in total. The molecule has 0 amide bonds. The zero-order chi connectivity index (χ0) is 12.3. The van der Waals surface area contributed by atoms with Crippen molar-refractivity contribution in [1.82, 2.24) is 4.57 Å². The van der Waals surface area contributed by atoms with Crippen LogP contribution in [0.4, 0.5) is 0 Å². The summed E-state index contributed by atoms with van der Waals surface area (Å²) in [6, 6.07) is 7.89. The Morgan fingerprint density at radius 1 is 1.41 bits per heavy atom. The lowest BCUT2D eigenvalue weighted by Crippen LogP contribution is -1.98. The maximum absolute atomic E-state index is 11.1. The van der Waals surface area contributed by atoms with Crippen LogP contribution < -0.4 is 0 Å². The van der Waals surface area contributed by atoms with Gasteiger partial charge in [-0.05, 0) is 28.4 Å². The summed E-state index contributed by atoms with van der Waals surface area (Å²) in [6.45, 7) is 0.819. The number of unbranched alkanes of at least 4 members (excludes halogenated alkanes) is 1. The summed E-state index contributed by atoms with van der Waals surface area (Å²) < 4.78 is 2.93. The van der Waals surface area contributed by atoms with Gasteiger partial charge in [0.25, 0.3) is 0 Å². The lowest BCUT2D eigenvalue weighted by Gasteiger charge is -2.05. The van der Waals surface area contributed by atoms with E-state index in [9.17, 15) is 4.79 Å². The number of halogens is 1. The van der Waals surface area contributed by atoms with E-state index in [0.717, 1.165) is 41.2 Å². The Hall–Kier alpha value is -1.53. The van der Waals surface area contributed by atoms with Crippen molar-refractivity contribution in [2.24, 2.45) is 0 Å². The van der Waals surface area contributed by atoms with Crippen molar-refractivity contribution in [2.75, 3.05) is 0 Å². The number of para-hydroxylation sites is 1. The highest BCUT2D eigenvalue weighted by molar-refractivity contribution is 9.10. The quantitative estimate of drug-likeness (QED) is 0.479. The highest BCUT2D eigenvalue weighted by atomic mass is 79.9. The average molecular weight is 290 g/mol. The Labute approximate surface area is 109 Å². The highest BCUT2D eigenvalue weighted by Crippen LogP contribution is 2.29. The molecule has 86 valence electrons. The van der Waals surface area contributed by atoms with E-state index >= 15 is 0 Å². The van der Waals surface area contributed by atoms with E-state index in [4.69, 9.17) is 6.42 Å². The molecule has 2 aromatic rings. The summed E-state index contributed by atoms with van der Waals surface area (Å²) in [4.78, 5) is 11.1. The fraction of sp³-hybridized carbons (Fsp3) is 0.214. The van der Waals surface area contributed by atoms with Crippen LogP contribution in [0.15, 0.2) is 28.9 Å². The molecule has 1 aromatic heterocycles. The fourth-order valence-corrected chi connectivity index (χ4v) is 2.64. The van der Waals surface area contributed by atoms with Crippen LogP contribution in [-0.4, -0.2) is 10.9 Å². The van der Waals surface area contributed by atoms with Gasteiger partial charge in [-0.15, -0.1) is 12.3 Å². The van der Waals surface area contributed by atoms with Crippen LogP contribution in [0, 0.1) is 12.3 Å². The molecule has 0 bridgehead atoms. The number of nitrogens with zero attached hydrogens (tertiary/aromatic N) is 1. The summed E-state index contributed by atoms with van der Waals surface area (Å²) >= 11 is 3.49. The van der Waals surface area contributed by atoms with Crippen molar-refractivity contribution in [2.45, 2.75) is 19.4 Å². The Kier molecular flexibility index (Phi) is 3.65. The lowest BCUT2D eigenvalue weighted by atomic mass is 10.2. The molecule has 2 rings (SSSR count). The van der Waals surface area contributed by atoms with Gasteiger partial charge in [-0.25, -0.2) is 0 Å². The van der Waals surface area contributed by atoms with Crippen molar-refractivity contribution in [3.63, 3.8) is 0 Å². The number of aryl methyl sites for hydroxylation is 1. The minimum absolute atomic E-state index is 0.710. The van der Waals surface area contributed by atoms with E-state index in [0.29, 0.717) is 5.56 Å². The minimum Gasteiger partial charge on any atom is -0.335 e. The maximum Gasteiger partial charge on any atom is 0.153 e. The number of carbonyl (C=O) groups excluding carboxylic acids is 1. The number of carbonyl (C=O) groups is 1. The second-order valence-corrected chi connectivity index (χ2v) is 4.55. The van der Waals surface area contributed by atoms with Crippen LogP contribution in [-0.2, 0) is 6.54 Å². The molecule has 0 aliphatic heterocycles. The summed E-state index contributed by atoms with van der Waals surface area (Å²) in [5.41, 5.74) is 1.78. The van der Waals surface area contributed by atoms with Crippen molar-refractivity contribution >= 4 is 33.1 Å². The predicted octanol–water partition coefficient (Wildman–Crippen LogP) is 3.63. The van der Waals surface area contributed by atoms with E-state index in [-0.39, 0.29) is 0 Å². The zero-order valence-electron chi connectivity index (χ0n) is 9.32. The van der Waals surface area contributed by atoms with Gasteiger partial charge in [0.2, 0.25) is 0 Å². The smallest absolute Gasteiger partial charge is 0.153 e. The van der Waals surface area contributed by atoms with Gasteiger partial charge in [0.15, 0.2) is 6.29 Å². The highest BCUT2D eigenvalue weighted by Gasteiger charge is 2.13. The van der Waals surface area contributed by atoms with Gasteiger partial charge in [0.1, 0.15) is 0 Å². The largest absolute Gasteiger partial charge is 0.335 e. The Morgan fingerprint density at radius 3 is 2.88 bits per heavy atom. The lowest BCUT2D eigenvalue weighted by molar-refractivity contribution is 0.112. The molecule has 2 nitrogen and oxygen atoms in total. The average Bonchev–Trinajstić information content (AvgIpc) is 2.62. The molecule has 0 fully saturated rings. The molecule has 0 spiro atoms. The van der Waals surface area contributed by atoms with Crippen LogP contribution in [0.2, 0.25) is 0 Å². The second-order valence-electron chi connectivity index (χ2n) is 3.80. The molecule has 0 radical (unpaired) electrons. The number of rotatable bonds is 4. The molecule has 0 aliphatic rings. The Bertz CT molecular complexity index is 592. The third-order valence-corrected chi connectivity index (χ3v) is 3.62. The third kappa shape index (κ3) is 2.13. The summed E-state index contributed by atoms with van der Waals surface area (Å²) in [7, 11) is 0. The van der Waals surface area contributed by atoms with Crippen LogP contribution in [0.5, 0.6) is 0 Å². The van der Waals surface area contributed by atoms with E-state index in [1.54, 1.807) is 0 Å². The van der Waals surface area contributed by atoms with Crippen molar-refractivity contribution < 1.29 is 4.79 Å². The van der Waals surface area contributed by atoms with Gasteiger partial charge in [-0.2, -0.15) is 0 Å². The number of hydrogen-bond donors (Lipinski definition) is 0. The summed E-state index contributed by atoms with van der Waals surface area (Å²) in [5.74, 6) is 2.63. The maximum atomic E-state index is 11.1. The van der Waals surface area contributed by atoms with E-state index in [1.165, 1.54) is 0 Å². The summed E-state index contributed by atoms with van der Waals surface area (Å²) in [6.07, 6.45) is 7.79. The molecule has 1 heterocycles. The van der Waals surface area contributed by atoms with E-state index in [2.05, 4.69) is 26.4 Å². The number of aldehydes is 1. The Balaban J connectivity index is 2.50. The molecule has 0 saturated heterocycles. The molecule has 0 aliphatic carbocycles. The van der Waals surface area contributed by atoms with Crippen LogP contribution >= 0.6 is 15.9 Å². The topological polar surface area (TPSA) is 22.0 Å². The van der Waals surface area contributed by atoms with Gasteiger partial charge in [0, 0.05) is 23.9 Å². The number of fused-ring (bicyclic) bond motifs is 1. The van der Waals surface area contributed by atoms with Crippen molar-refractivity contribution in [3.05, 3.63) is 34.4 Å². The molecule has 17 heavy (non-hydrogen) atoms. The van der Waals surface area contributed by atoms with Crippen LogP contribution in [0.25, 0.3) is 10.9 Å². The SMILES string of the molecule is C#CCCCn1c(Br)c(C=O)c2ccccc21. The van der Waals surface area contributed by atoms with Gasteiger partial charge < -0.3 is 4.57 Å². The van der Waals surface area contributed by atoms with Gasteiger partial charge in [-0.1, -0.05) is 18.2 Å². The van der Waals surface area contributed by atoms with Crippen molar-refractivity contribution in [3.8, 4) is 12.3 Å². The first-order chi connectivity index (χ1) is 8.29. The molecular formula is C14H12BrNO.